The largest absolute Gasteiger partial charge is 0.505 e. The smallest absolute Gasteiger partial charge is 0.170 e. The summed E-state index contributed by atoms with van der Waals surface area (Å²) in [4.78, 5) is 0. The summed E-state index contributed by atoms with van der Waals surface area (Å²) in [5.74, 6) is -1.90. The maximum Gasteiger partial charge on any atom is 0.170 e. The summed E-state index contributed by atoms with van der Waals surface area (Å²) in [5, 5.41) is 12.3. The Morgan fingerprint density at radius 1 is 1.40 bits per heavy atom. The van der Waals surface area contributed by atoms with E-state index in [4.69, 9.17) is 5.11 Å². The SMILES string of the molecule is Oc1ccc(F)c(CC2CCCN2)c1F. The minimum absolute atomic E-state index is 0.0191. The maximum absolute atomic E-state index is 13.4. The normalized spacial score (nSPS) is 20.8. The van der Waals surface area contributed by atoms with E-state index in [1.165, 1.54) is 0 Å². The van der Waals surface area contributed by atoms with Crippen molar-refractivity contribution in [2.24, 2.45) is 0 Å². The molecule has 0 bridgehead atoms. The quantitative estimate of drug-likeness (QED) is 0.787. The van der Waals surface area contributed by atoms with E-state index in [0.717, 1.165) is 31.5 Å². The van der Waals surface area contributed by atoms with Crippen molar-refractivity contribution in [3.05, 3.63) is 29.3 Å². The lowest BCUT2D eigenvalue weighted by molar-refractivity contribution is 0.418. The van der Waals surface area contributed by atoms with Gasteiger partial charge in [0.25, 0.3) is 0 Å². The van der Waals surface area contributed by atoms with Gasteiger partial charge in [-0.05, 0) is 37.9 Å². The van der Waals surface area contributed by atoms with Crippen molar-refractivity contribution >= 4 is 0 Å². The van der Waals surface area contributed by atoms with Crippen LogP contribution in [-0.4, -0.2) is 17.7 Å². The molecule has 2 nitrogen and oxygen atoms in total. The van der Waals surface area contributed by atoms with E-state index in [-0.39, 0.29) is 11.6 Å². The third-order valence-electron chi connectivity index (χ3n) is 2.78. The molecule has 2 N–H and O–H groups in total. The second-order valence-electron chi connectivity index (χ2n) is 3.86. The Kier molecular flexibility index (Phi) is 2.86. The molecule has 0 spiro atoms. The van der Waals surface area contributed by atoms with Gasteiger partial charge in [0.15, 0.2) is 11.6 Å². The lowest BCUT2D eigenvalue weighted by Crippen LogP contribution is -2.24. The van der Waals surface area contributed by atoms with Gasteiger partial charge in [0.2, 0.25) is 0 Å². The molecule has 1 atom stereocenters. The van der Waals surface area contributed by atoms with Crippen LogP contribution in [0.4, 0.5) is 8.78 Å². The molecule has 1 aromatic rings. The summed E-state index contributed by atoms with van der Waals surface area (Å²) in [7, 11) is 0. The lowest BCUT2D eigenvalue weighted by Gasteiger charge is -2.12. The van der Waals surface area contributed by atoms with Crippen LogP contribution in [0, 0.1) is 11.6 Å². The molecule has 1 unspecified atom stereocenters. The number of benzene rings is 1. The molecule has 15 heavy (non-hydrogen) atoms. The average molecular weight is 213 g/mol. The Bertz CT molecular complexity index is 362. The number of aromatic hydroxyl groups is 1. The lowest BCUT2D eigenvalue weighted by atomic mass is 10.0. The molecule has 82 valence electrons. The summed E-state index contributed by atoms with van der Waals surface area (Å²) < 4.78 is 26.7. The summed E-state index contributed by atoms with van der Waals surface area (Å²) in [5.41, 5.74) is -0.0191. The zero-order valence-electron chi connectivity index (χ0n) is 8.26. The van der Waals surface area contributed by atoms with Crippen LogP contribution in [-0.2, 0) is 6.42 Å². The van der Waals surface area contributed by atoms with Gasteiger partial charge in [-0.15, -0.1) is 0 Å². The van der Waals surface area contributed by atoms with E-state index in [0.29, 0.717) is 6.42 Å². The molecule has 1 fully saturated rings. The molecule has 0 aliphatic carbocycles. The molecule has 0 saturated carbocycles. The first kappa shape index (κ1) is 10.4. The second kappa shape index (κ2) is 4.14. The molecule has 0 aromatic heterocycles. The number of hydrogen-bond donors (Lipinski definition) is 2. The van der Waals surface area contributed by atoms with Crippen LogP contribution in [0.3, 0.4) is 0 Å². The van der Waals surface area contributed by atoms with Gasteiger partial charge in [-0.25, -0.2) is 8.78 Å². The minimum atomic E-state index is -0.830. The van der Waals surface area contributed by atoms with Gasteiger partial charge in [0.1, 0.15) is 5.82 Å². The number of halogens is 2. The Hall–Kier alpha value is -1.16. The van der Waals surface area contributed by atoms with Crippen molar-refractivity contribution in [2.45, 2.75) is 25.3 Å². The Labute approximate surface area is 86.9 Å². The standard InChI is InChI=1S/C11H13F2NO/c12-9-3-4-10(15)11(13)8(9)6-7-2-1-5-14-7/h3-4,7,14-15H,1-2,5-6H2. The fourth-order valence-corrected chi connectivity index (χ4v) is 1.95. The van der Waals surface area contributed by atoms with E-state index >= 15 is 0 Å². The van der Waals surface area contributed by atoms with Crippen LogP contribution in [0.25, 0.3) is 0 Å². The van der Waals surface area contributed by atoms with Gasteiger partial charge in [-0.1, -0.05) is 0 Å². The first-order valence-corrected chi connectivity index (χ1v) is 5.07. The highest BCUT2D eigenvalue weighted by molar-refractivity contribution is 5.31. The van der Waals surface area contributed by atoms with Crippen molar-refractivity contribution in [3.8, 4) is 5.75 Å². The Morgan fingerprint density at radius 3 is 2.87 bits per heavy atom. The van der Waals surface area contributed by atoms with Crippen molar-refractivity contribution in [1.29, 1.82) is 0 Å². The monoisotopic (exact) mass is 213 g/mol. The third-order valence-corrected chi connectivity index (χ3v) is 2.78. The first-order chi connectivity index (χ1) is 7.18. The van der Waals surface area contributed by atoms with E-state index < -0.39 is 17.4 Å². The van der Waals surface area contributed by atoms with Gasteiger partial charge in [-0.2, -0.15) is 0 Å². The summed E-state index contributed by atoms with van der Waals surface area (Å²) in [6.45, 7) is 0.896. The van der Waals surface area contributed by atoms with E-state index in [1.807, 2.05) is 0 Å². The number of nitrogens with one attached hydrogen (secondary N) is 1. The van der Waals surface area contributed by atoms with Crippen molar-refractivity contribution in [3.63, 3.8) is 0 Å². The highest BCUT2D eigenvalue weighted by Gasteiger charge is 2.20. The predicted molar refractivity (Wildman–Crippen MR) is 52.8 cm³/mol. The molecule has 4 heteroatoms. The summed E-state index contributed by atoms with van der Waals surface area (Å²) >= 11 is 0. The van der Waals surface area contributed by atoms with Gasteiger partial charge >= 0.3 is 0 Å². The van der Waals surface area contributed by atoms with E-state index in [1.54, 1.807) is 0 Å². The average Bonchev–Trinajstić information content (AvgIpc) is 2.71. The third kappa shape index (κ3) is 2.09. The van der Waals surface area contributed by atoms with Gasteiger partial charge in [0, 0.05) is 11.6 Å². The zero-order valence-corrected chi connectivity index (χ0v) is 8.26. The summed E-state index contributed by atoms with van der Waals surface area (Å²) in [6.07, 6.45) is 2.26. The molecule has 1 aliphatic heterocycles. The van der Waals surface area contributed by atoms with E-state index in [2.05, 4.69) is 5.32 Å². The molecule has 0 radical (unpaired) electrons. The maximum atomic E-state index is 13.4. The molecular formula is C11H13F2NO. The topological polar surface area (TPSA) is 32.3 Å². The van der Waals surface area contributed by atoms with Gasteiger partial charge in [-0.3, -0.25) is 0 Å². The fraction of sp³-hybridized carbons (Fsp3) is 0.455. The van der Waals surface area contributed by atoms with Crippen LogP contribution in [0.5, 0.6) is 5.75 Å². The van der Waals surface area contributed by atoms with Crippen LogP contribution in [0.1, 0.15) is 18.4 Å². The van der Waals surface area contributed by atoms with Crippen LogP contribution < -0.4 is 5.32 Å². The minimum Gasteiger partial charge on any atom is -0.505 e. The van der Waals surface area contributed by atoms with Crippen molar-refractivity contribution < 1.29 is 13.9 Å². The Morgan fingerprint density at radius 2 is 2.20 bits per heavy atom. The molecule has 1 aromatic carbocycles. The first-order valence-electron chi connectivity index (χ1n) is 5.07. The fourth-order valence-electron chi connectivity index (χ4n) is 1.95. The molecular weight excluding hydrogens is 200 g/mol. The second-order valence-corrected chi connectivity index (χ2v) is 3.86. The zero-order chi connectivity index (χ0) is 10.8. The molecule has 2 rings (SSSR count). The highest BCUT2D eigenvalue weighted by atomic mass is 19.1. The molecule has 1 aliphatic rings. The van der Waals surface area contributed by atoms with Crippen LogP contribution in [0.15, 0.2) is 12.1 Å². The number of hydrogen-bond acceptors (Lipinski definition) is 2. The van der Waals surface area contributed by atoms with Crippen LogP contribution in [0.2, 0.25) is 0 Å². The van der Waals surface area contributed by atoms with E-state index in [9.17, 15) is 8.78 Å². The molecule has 0 amide bonds. The molecule has 1 saturated heterocycles. The van der Waals surface area contributed by atoms with Gasteiger partial charge < -0.3 is 10.4 Å². The molecule has 1 heterocycles. The number of phenolic OH excluding ortho intramolecular Hbond substituents is 1. The predicted octanol–water partition coefficient (Wildman–Crippen LogP) is 1.96. The van der Waals surface area contributed by atoms with Gasteiger partial charge in [0.05, 0.1) is 0 Å². The van der Waals surface area contributed by atoms with Crippen LogP contribution >= 0.6 is 0 Å². The van der Waals surface area contributed by atoms with Crippen molar-refractivity contribution in [2.75, 3.05) is 6.54 Å². The number of phenols is 1. The Balaban J connectivity index is 2.22. The van der Waals surface area contributed by atoms with Crippen molar-refractivity contribution in [1.82, 2.24) is 5.32 Å². The highest BCUT2D eigenvalue weighted by Crippen LogP contribution is 2.24. The summed E-state index contributed by atoms with van der Waals surface area (Å²) in [6, 6.07) is 2.26. The number of rotatable bonds is 2.